The van der Waals surface area contributed by atoms with Crippen LogP contribution in [0.2, 0.25) is 0 Å². The lowest BCUT2D eigenvalue weighted by atomic mass is 10.0. The maximum atomic E-state index is 11.9. The van der Waals surface area contributed by atoms with Crippen LogP contribution >= 0.6 is 0 Å². The van der Waals surface area contributed by atoms with Gasteiger partial charge in [-0.1, -0.05) is 24.3 Å². The zero-order valence-corrected chi connectivity index (χ0v) is 14.7. The number of anilines is 1. The van der Waals surface area contributed by atoms with E-state index >= 15 is 0 Å². The van der Waals surface area contributed by atoms with Gasteiger partial charge in [-0.15, -0.1) is 0 Å². The molecule has 5 heteroatoms. The van der Waals surface area contributed by atoms with Crippen LogP contribution in [-0.4, -0.2) is 37.8 Å². The van der Waals surface area contributed by atoms with Crippen LogP contribution in [0.4, 0.5) is 5.69 Å². The second-order valence-corrected chi connectivity index (χ2v) is 6.48. The Morgan fingerprint density at radius 2 is 2.16 bits per heavy atom. The minimum absolute atomic E-state index is 0.0643. The Morgan fingerprint density at radius 3 is 2.96 bits per heavy atom. The molecule has 132 valence electrons. The van der Waals surface area contributed by atoms with Gasteiger partial charge in [-0.05, 0) is 48.2 Å². The number of nitrogens with one attached hydrogen (secondary N) is 1. The molecule has 2 N–H and O–H groups in total. The number of amides is 1. The lowest BCUT2D eigenvalue weighted by Gasteiger charge is -2.15. The highest BCUT2D eigenvalue weighted by Gasteiger charge is 2.18. The van der Waals surface area contributed by atoms with Crippen molar-refractivity contribution in [2.45, 2.75) is 19.4 Å². The highest BCUT2D eigenvalue weighted by Crippen LogP contribution is 2.29. The van der Waals surface area contributed by atoms with Crippen molar-refractivity contribution in [3.63, 3.8) is 0 Å². The molecule has 2 aromatic rings. The van der Waals surface area contributed by atoms with Gasteiger partial charge in [0.25, 0.3) is 5.91 Å². The molecule has 1 heterocycles. The molecular weight excluding hydrogens is 316 g/mol. The normalized spacial score (nSPS) is 14.1. The Kier molecular flexibility index (Phi) is 5.24. The zero-order valence-electron chi connectivity index (χ0n) is 14.7. The van der Waals surface area contributed by atoms with Crippen molar-refractivity contribution >= 4 is 11.6 Å². The summed E-state index contributed by atoms with van der Waals surface area (Å²) in [6.07, 6.45) is 0.266. The van der Waals surface area contributed by atoms with Crippen LogP contribution in [0.5, 0.6) is 5.75 Å². The van der Waals surface area contributed by atoms with Gasteiger partial charge in [0.1, 0.15) is 5.75 Å². The molecule has 25 heavy (non-hydrogen) atoms. The fraction of sp³-hybridized carbons (Fsp3) is 0.350. The molecule has 0 aromatic heterocycles. The molecule has 0 spiro atoms. The Balaban J connectivity index is 1.48. The van der Waals surface area contributed by atoms with E-state index in [2.05, 4.69) is 17.3 Å². The first-order chi connectivity index (χ1) is 12.0. The minimum atomic E-state index is -0.723. The van der Waals surface area contributed by atoms with Crippen LogP contribution < -0.4 is 15.0 Å². The molecular formula is C20H24N2O3. The van der Waals surface area contributed by atoms with Gasteiger partial charge in [0.2, 0.25) is 0 Å². The molecule has 5 nitrogen and oxygen atoms in total. The molecule has 1 unspecified atom stereocenters. The number of likely N-dealkylation sites (N-methyl/N-ethyl adjacent to an activating group) is 1. The first-order valence-corrected chi connectivity index (χ1v) is 8.51. The van der Waals surface area contributed by atoms with Crippen molar-refractivity contribution in [2.24, 2.45) is 0 Å². The summed E-state index contributed by atoms with van der Waals surface area (Å²) in [5.41, 5.74) is 4.37. The summed E-state index contributed by atoms with van der Waals surface area (Å²) in [4.78, 5) is 14.1. The number of aliphatic hydroxyl groups excluding tert-OH is 1. The summed E-state index contributed by atoms with van der Waals surface area (Å²) in [5.74, 6) is 0.417. The van der Waals surface area contributed by atoms with Crippen LogP contribution in [0.1, 0.15) is 22.8 Å². The Labute approximate surface area is 148 Å². The highest BCUT2D eigenvalue weighted by atomic mass is 16.5. The van der Waals surface area contributed by atoms with Crippen LogP contribution in [0.3, 0.4) is 0 Å². The molecule has 3 rings (SSSR count). The van der Waals surface area contributed by atoms with Gasteiger partial charge in [0.15, 0.2) is 6.61 Å². The standard InChI is InChI=1S/C20H24N2O3/c1-14-4-3-5-17(10-14)25-13-20(24)21-12-19(23)16-6-7-18-15(11-16)8-9-22(18)2/h3-7,10-11,19,23H,8-9,12-13H2,1-2H3,(H,21,24). The molecule has 0 bridgehead atoms. The average Bonchev–Trinajstić information content (AvgIpc) is 2.98. The van der Waals surface area contributed by atoms with E-state index in [-0.39, 0.29) is 19.1 Å². The fourth-order valence-electron chi connectivity index (χ4n) is 3.03. The lowest BCUT2D eigenvalue weighted by molar-refractivity contribution is -0.123. The summed E-state index contributed by atoms with van der Waals surface area (Å²) >= 11 is 0. The van der Waals surface area contributed by atoms with Crippen LogP contribution in [0, 0.1) is 6.92 Å². The zero-order chi connectivity index (χ0) is 17.8. The van der Waals surface area contributed by atoms with Crippen LogP contribution in [0.15, 0.2) is 42.5 Å². The second kappa shape index (κ2) is 7.57. The Bertz CT molecular complexity index is 760. The smallest absolute Gasteiger partial charge is 0.258 e. The number of fused-ring (bicyclic) bond motifs is 1. The van der Waals surface area contributed by atoms with Gasteiger partial charge < -0.3 is 20.1 Å². The van der Waals surface area contributed by atoms with E-state index in [4.69, 9.17) is 4.74 Å². The number of aryl methyl sites for hydroxylation is 1. The summed E-state index contributed by atoms with van der Waals surface area (Å²) in [6, 6.07) is 13.5. The first kappa shape index (κ1) is 17.3. The Morgan fingerprint density at radius 1 is 1.32 bits per heavy atom. The van der Waals surface area contributed by atoms with E-state index in [0.29, 0.717) is 5.75 Å². The monoisotopic (exact) mass is 340 g/mol. The molecule has 0 saturated carbocycles. The molecule has 0 aliphatic carbocycles. The quantitative estimate of drug-likeness (QED) is 0.846. The van der Waals surface area contributed by atoms with Crippen molar-refractivity contribution < 1.29 is 14.6 Å². The largest absolute Gasteiger partial charge is 0.484 e. The summed E-state index contributed by atoms with van der Waals surface area (Å²) < 4.78 is 5.46. The average molecular weight is 340 g/mol. The molecule has 0 radical (unpaired) electrons. The van der Waals surface area contributed by atoms with E-state index in [0.717, 1.165) is 24.1 Å². The van der Waals surface area contributed by atoms with Gasteiger partial charge in [0, 0.05) is 25.8 Å². The van der Waals surface area contributed by atoms with E-state index in [1.54, 1.807) is 0 Å². The third-order valence-corrected chi connectivity index (χ3v) is 4.47. The number of benzene rings is 2. The van der Waals surface area contributed by atoms with Crippen molar-refractivity contribution in [2.75, 3.05) is 31.6 Å². The lowest BCUT2D eigenvalue weighted by Crippen LogP contribution is -2.32. The van der Waals surface area contributed by atoms with Gasteiger partial charge >= 0.3 is 0 Å². The van der Waals surface area contributed by atoms with Crippen LogP contribution in [-0.2, 0) is 11.2 Å². The van der Waals surface area contributed by atoms with Gasteiger partial charge in [-0.3, -0.25) is 4.79 Å². The number of aliphatic hydroxyl groups is 1. The molecule has 0 saturated heterocycles. The second-order valence-electron chi connectivity index (χ2n) is 6.48. The number of ether oxygens (including phenoxy) is 1. The van der Waals surface area contributed by atoms with E-state index in [1.165, 1.54) is 11.3 Å². The van der Waals surface area contributed by atoms with E-state index in [1.807, 2.05) is 49.4 Å². The van der Waals surface area contributed by atoms with E-state index < -0.39 is 6.10 Å². The minimum Gasteiger partial charge on any atom is -0.484 e. The number of carbonyl (C=O) groups excluding carboxylic acids is 1. The first-order valence-electron chi connectivity index (χ1n) is 8.51. The van der Waals surface area contributed by atoms with Gasteiger partial charge in [-0.2, -0.15) is 0 Å². The maximum Gasteiger partial charge on any atom is 0.258 e. The van der Waals surface area contributed by atoms with Gasteiger partial charge in [-0.25, -0.2) is 0 Å². The number of rotatable bonds is 6. The molecule has 1 aliphatic rings. The highest BCUT2D eigenvalue weighted by molar-refractivity contribution is 5.77. The topological polar surface area (TPSA) is 61.8 Å². The predicted octanol–water partition coefficient (Wildman–Crippen LogP) is 2.22. The number of nitrogens with zero attached hydrogens (tertiary/aromatic N) is 1. The van der Waals surface area contributed by atoms with Crippen molar-refractivity contribution in [3.8, 4) is 5.75 Å². The van der Waals surface area contributed by atoms with Crippen molar-refractivity contribution in [3.05, 3.63) is 59.2 Å². The van der Waals surface area contributed by atoms with Gasteiger partial charge in [0.05, 0.1) is 6.10 Å². The Hall–Kier alpha value is -2.53. The van der Waals surface area contributed by atoms with Crippen molar-refractivity contribution in [1.82, 2.24) is 5.32 Å². The molecule has 2 aromatic carbocycles. The van der Waals surface area contributed by atoms with E-state index in [9.17, 15) is 9.90 Å². The fourth-order valence-corrected chi connectivity index (χ4v) is 3.03. The maximum absolute atomic E-state index is 11.9. The summed E-state index contributed by atoms with van der Waals surface area (Å²) in [5, 5.41) is 13.0. The molecule has 1 atom stereocenters. The van der Waals surface area contributed by atoms with Crippen molar-refractivity contribution in [1.29, 1.82) is 0 Å². The number of carbonyl (C=O) groups is 1. The van der Waals surface area contributed by atoms with Crippen LogP contribution in [0.25, 0.3) is 0 Å². The third-order valence-electron chi connectivity index (χ3n) is 4.47. The predicted molar refractivity (Wildman–Crippen MR) is 98.1 cm³/mol. The molecule has 1 amide bonds. The number of hydrogen-bond donors (Lipinski definition) is 2. The molecule has 0 fully saturated rings. The third kappa shape index (κ3) is 4.31. The summed E-state index contributed by atoms with van der Waals surface area (Å²) in [6.45, 7) is 3.08. The SMILES string of the molecule is Cc1cccc(OCC(=O)NCC(O)c2ccc3c(c2)CCN3C)c1. The molecule has 1 aliphatic heterocycles. The number of hydrogen-bond acceptors (Lipinski definition) is 4. The summed E-state index contributed by atoms with van der Waals surface area (Å²) in [7, 11) is 2.07.